The van der Waals surface area contributed by atoms with E-state index in [2.05, 4.69) is 10.1 Å². The number of carbonyl (C=O) groups is 1. The van der Waals surface area contributed by atoms with Gasteiger partial charge in [0.2, 0.25) is 0 Å². The monoisotopic (exact) mass is 256 g/mol. The van der Waals surface area contributed by atoms with Crippen LogP contribution < -0.4 is 0 Å². The van der Waals surface area contributed by atoms with Gasteiger partial charge < -0.3 is 5.11 Å². The van der Waals surface area contributed by atoms with E-state index in [0.29, 0.717) is 5.65 Å². The van der Waals surface area contributed by atoms with E-state index in [-0.39, 0.29) is 5.56 Å². The van der Waals surface area contributed by atoms with Crippen LogP contribution in [-0.2, 0) is 7.05 Å². The van der Waals surface area contributed by atoms with Gasteiger partial charge in [0.05, 0.1) is 29.3 Å². The summed E-state index contributed by atoms with van der Waals surface area (Å²) in [5.41, 5.74) is 3.74. The molecule has 19 heavy (non-hydrogen) atoms. The fraction of sp³-hybridized carbons (Fsp3) is 0.154. The summed E-state index contributed by atoms with van der Waals surface area (Å²) in [6.07, 6.45) is 5.24. The number of fused-ring (bicyclic) bond motifs is 1. The molecule has 0 aliphatic carbocycles. The molecule has 0 unspecified atom stereocenters. The molecule has 96 valence electrons. The highest BCUT2D eigenvalue weighted by atomic mass is 16.4. The summed E-state index contributed by atoms with van der Waals surface area (Å²) >= 11 is 0. The molecule has 0 saturated heterocycles. The van der Waals surface area contributed by atoms with Crippen molar-refractivity contribution in [2.24, 2.45) is 7.05 Å². The van der Waals surface area contributed by atoms with Crippen LogP contribution in [0.4, 0.5) is 0 Å². The number of pyridine rings is 1. The molecule has 0 aliphatic rings. The van der Waals surface area contributed by atoms with Crippen molar-refractivity contribution in [1.29, 1.82) is 0 Å². The topological polar surface area (TPSA) is 72.4 Å². The fourth-order valence-corrected chi connectivity index (χ4v) is 2.20. The van der Waals surface area contributed by atoms with Gasteiger partial charge in [0.15, 0.2) is 0 Å². The molecule has 0 amide bonds. The fourth-order valence-electron chi connectivity index (χ4n) is 2.20. The highest BCUT2D eigenvalue weighted by Gasteiger charge is 2.13. The normalized spacial score (nSPS) is 11.1. The van der Waals surface area contributed by atoms with Gasteiger partial charge in [-0.25, -0.2) is 9.78 Å². The number of rotatable bonds is 2. The zero-order chi connectivity index (χ0) is 13.6. The minimum atomic E-state index is -0.955. The van der Waals surface area contributed by atoms with Crippen LogP contribution in [0.15, 0.2) is 30.7 Å². The molecule has 0 spiro atoms. The van der Waals surface area contributed by atoms with E-state index in [1.165, 1.54) is 0 Å². The average Bonchev–Trinajstić information content (AvgIpc) is 2.92. The van der Waals surface area contributed by atoms with Gasteiger partial charge in [0.1, 0.15) is 5.65 Å². The Balaban J connectivity index is 2.24. The van der Waals surface area contributed by atoms with Gasteiger partial charge in [-0.05, 0) is 24.6 Å². The van der Waals surface area contributed by atoms with Crippen molar-refractivity contribution in [3.05, 3.63) is 41.9 Å². The number of aromatic carboxylic acids is 1. The summed E-state index contributed by atoms with van der Waals surface area (Å²) in [6.45, 7) is 1.98. The van der Waals surface area contributed by atoms with E-state index in [1.807, 2.05) is 18.4 Å². The SMILES string of the molecule is Cc1cnn(C)c1-c1cnc2cc(C(=O)O)ccn12. The van der Waals surface area contributed by atoms with E-state index in [1.54, 1.807) is 35.4 Å². The van der Waals surface area contributed by atoms with Crippen LogP contribution in [0.5, 0.6) is 0 Å². The van der Waals surface area contributed by atoms with Crippen LogP contribution in [0.2, 0.25) is 0 Å². The van der Waals surface area contributed by atoms with Crippen LogP contribution in [0.3, 0.4) is 0 Å². The second-order valence-electron chi connectivity index (χ2n) is 4.39. The lowest BCUT2D eigenvalue weighted by atomic mass is 10.2. The van der Waals surface area contributed by atoms with Crippen molar-refractivity contribution in [2.75, 3.05) is 0 Å². The minimum Gasteiger partial charge on any atom is -0.478 e. The number of carboxylic acids is 1. The molecule has 0 aliphatic heterocycles. The van der Waals surface area contributed by atoms with Gasteiger partial charge >= 0.3 is 5.97 Å². The summed E-state index contributed by atoms with van der Waals surface area (Å²) < 4.78 is 3.64. The second-order valence-corrected chi connectivity index (χ2v) is 4.39. The molecule has 6 heteroatoms. The van der Waals surface area contributed by atoms with Crippen LogP contribution in [0, 0.1) is 6.92 Å². The first-order valence-corrected chi connectivity index (χ1v) is 5.77. The molecule has 0 radical (unpaired) electrons. The van der Waals surface area contributed by atoms with Crippen molar-refractivity contribution in [2.45, 2.75) is 6.92 Å². The molecule has 0 saturated carbocycles. The molecular weight excluding hydrogens is 244 g/mol. The number of hydrogen-bond donors (Lipinski definition) is 1. The van der Waals surface area contributed by atoms with E-state index < -0.39 is 5.97 Å². The first-order chi connectivity index (χ1) is 9.08. The number of hydrogen-bond acceptors (Lipinski definition) is 3. The molecule has 3 aromatic rings. The Labute approximate surface area is 108 Å². The number of imidazole rings is 1. The molecule has 6 nitrogen and oxygen atoms in total. The summed E-state index contributed by atoms with van der Waals surface area (Å²) in [7, 11) is 1.87. The molecule has 0 fully saturated rings. The van der Waals surface area contributed by atoms with Crippen molar-refractivity contribution >= 4 is 11.6 Å². The Morgan fingerprint density at radius 3 is 2.79 bits per heavy atom. The van der Waals surface area contributed by atoms with E-state index in [4.69, 9.17) is 5.11 Å². The van der Waals surface area contributed by atoms with Gasteiger partial charge in [0, 0.05) is 13.2 Å². The Hall–Kier alpha value is -2.63. The number of aryl methyl sites for hydroxylation is 2. The van der Waals surface area contributed by atoms with E-state index >= 15 is 0 Å². The molecule has 0 aromatic carbocycles. The zero-order valence-corrected chi connectivity index (χ0v) is 10.5. The van der Waals surface area contributed by atoms with E-state index in [0.717, 1.165) is 17.0 Å². The lowest BCUT2D eigenvalue weighted by Gasteiger charge is -2.04. The zero-order valence-electron chi connectivity index (χ0n) is 10.5. The Morgan fingerprint density at radius 1 is 1.37 bits per heavy atom. The maximum Gasteiger partial charge on any atom is 0.335 e. The van der Waals surface area contributed by atoms with Crippen LogP contribution >= 0.6 is 0 Å². The molecule has 0 bridgehead atoms. The molecule has 3 aromatic heterocycles. The lowest BCUT2D eigenvalue weighted by Crippen LogP contribution is -2.00. The third-order valence-electron chi connectivity index (χ3n) is 3.12. The molecular formula is C13H12N4O2. The van der Waals surface area contributed by atoms with Gasteiger partial charge in [0.25, 0.3) is 0 Å². The standard InChI is InChI=1S/C13H12N4O2/c1-8-6-15-16(2)12(8)10-7-14-11-5-9(13(18)19)3-4-17(10)11/h3-7H,1-2H3,(H,18,19). The molecule has 3 rings (SSSR count). The van der Waals surface area contributed by atoms with E-state index in [9.17, 15) is 4.79 Å². The summed E-state index contributed by atoms with van der Waals surface area (Å²) in [5, 5.41) is 13.2. The van der Waals surface area contributed by atoms with Crippen LogP contribution in [0.25, 0.3) is 17.0 Å². The highest BCUT2D eigenvalue weighted by Crippen LogP contribution is 2.23. The van der Waals surface area contributed by atoms with Gasteiger partial charge in [-0.2, -0.15) is 5.10 Å². The number of nitrogens with zero attached hydrogens (tertiary/aromatic N) is 4. The van der Waals surface area contributed by atoms with Gasteiger partial charge in [-0.1, -0.05) is 0 Å². The predicted molar refractivity (Wildman–Crippen MR) is 69.1 cm³/mol. The third kappa shape index (κ3) is 1.69. The Kier molecular flexibility index (Phi) is 2.38. The van der Waals surface area contributed by atoms with Crippen LogP contribution in [0.1, 0.15) is 15.9 Å². The Bertz CT molecular complexity index is 766. The van der Waals surface area contributed by atoms with Gasteiger partial charge in [-0.3, -0.25) is 9.08 Å². The highest BCUT2D eigenvalue weighted by molar-refractivity contribution is 5.88. The summed E-state index contributed by atoms with van der Waals surface area (Å²) in [4.78, 5) is 15.2. The largest absolute Gasteiger partial charge is 0.478 e. The van der Waals surface area contributed by atoms with Gasteiger partial charge in [-0.15, -0.1) is 0 Å². The average molecular weight is 256 g/mol. The third-order valence-corrected chi connectivity index (χ3v) is 3.12. The minimum absolute atomic E-state index is 0.228. The van der Waals surface area contributed by atoms with Crippen molar-refractivity contribution in [1.82, 2.24) is 19.2 Å². The van der Waals surface area contributed by atoms with Crippen LogP contribution in [-0.4, -0.2) is 30.2 Å². The number of carboxylic acid groups (broad SMARTS) is 1. The maximum atomic E-state index is 10.9. The maximum absolute atomic E-state index is 10.9. The smallest absolute Gasteiger partial charge is 0.335 e. The second kappa shape index (κ2) is 3.94. The van der Waals surface area contributed by atoms with Crippen molar-refractivity contribution < 1.29 is 9.90 Å². The Morgan fingerprint density at radius 2 is 2.16 bits per heavy atom. The first kappa shape index (κ1) is 11.5. The summed E-state index contributed by atoms with van der Waals surface area (Å²) in [5.74, 6) is -0.955. The predicted octanol–water partition coefficient (Wildman–Crippen LogP) is 1.74. The quantitative estimate of drug-likeness (QED) is 0.758. The van der Waals surface area contributed by atoms with Crippen molar-refractivity contribution in [3.8, 4) is 11.4 Å². The number of aromatic nitrogens is 4. The molecule has 1 N–H and O–H groups in total. The summed E-state index contributed by atoms with van der Waals surface area (Å²) in [6, 6.07) is 3.11. The van der Waals surface area contributed by atoms with Crippen molar-refractivity contribution in [3.63, 3.8) is 0 Å². The first-order valence-electron chi connectivity index (χ1n) is 5.77. The lowest BCUT2D eigenvalue weighted by molar-refractivity contribution is 0.0697. The molecule has 0 atom stereocenters. The molecule has 3 heterocycles.